The van der Waals surface area contributed by atoms with Gasteiger partial charge < -0.3 is 10.0 Å². The van der Waals surface area contributed by atoms with Gasteiger partial charge >= 0.3 is 5.97 Å². The lowest BCUT2D eigenvalue weighted by molar-refractivity contribution is -0.140. The van der Waals surface area contributed by atoms with Gasteiger partial charge in [0.1, 0.15) is 0 Å². The maximum atomic E-state index is 10.9. The predicted octanol–water partition coefficient (Wildman–Crippen LogP) is 2.23. The molecule has 0 radical (unpaired) electrons. The summed E-state index contributed by atoms with van der Waals surface area (Å²) in [7, 11) is 0. The molecule has 17 heavy (non-hydrogen) atoms. The van der Waals surface area contributed by atoms with Gasteiger partial charge in [0.05, 0.1) is 23.2 Å². The molecule has 0 aromatic heterocycles. The van der Waals surface area contributed by atoms with Crippen LogP contribution in [-0.2, 0) is 4.79 Å². The highest BCUT2D eigenvalue weighted by Crippen LogP contribution is 2.31. The number of carbonyl (C=O) groups is 1. The molecule has 0 spiro atoms. The molecule has 1 heterocycles. The number of anilines is 1. The number of rotatable bonds is 2. The van der Waals surface area contributed by atoms with Gasteiger partial charge in [-0.05, 0) is 40.5 Å². The Kier molecular flexibility index (Phi) is 3.34. The molecule has 0 bridgehead atoms. The van der Waals surface area contributed by atoms with E-state index in [2.05, 4.69) is 22.0 Å². The van der Waals surface area contributed by atoms with E-state index in [4.69, 9.17) is 10.4 Å². The Bertz CT molecular complexity index is 496. The highest BCUT2D eigenvalue weighted by Gasteiger charge is 2.28. The number of hydrogen-bond acceptors (Lipinski definition) is 3. The molecule has 1 saturated heterocycles. The first-order chi connectivity index (χ1) is 8.11. The Morgan fingerprint density at radius 3 is 2.88 bits per heavy atom. The van der Waals surface area contributed by atoms with Crippen molar-refractivity contribution in [2.45, 2.75) is 6.42 Å². The molecule has 1 aromatic rings. The number of halogens is 1. The zero-order valence-electron chi connectivity index (χ0n) is 9.06. The largest absolute Gasteiger partial charge is 0.481 e. The molecule has 0 saturated carbocycles. The molecule has 88 valence electrons. The van der Waals surface area contributed by atoms with Crippen molar-refractivity contribution in [1.82, 2.24) is 0 Å². The molecule has 5 heteroatoms. The standard InChI is InChI=1S/C12H11BrN2O2/c13-10-5-8(6-14)1-2-11(10)15-4-3-9(7-15)12(16)17/h1-2,5,9H,3-4,7H2,(H,16,17). The fourth-order valence-electron chi connectivity index (χ4n) is 2.01. The van der Waals surface area contributed by atoms with Crippen LogP contribution in [0.5, 0.6) is 0 Å². The molecule has 1 unspecified atom stereocenters. The van der Waals surface area contributed by atoms with E-state index in [1.165, 1.54) is 0 Å². The van der Waals surface area contributed by atoms with Crippen molar-refractivity contribution >= 4 is 27.6 Å². The Hall–Kier alpha value is -1.54. The molecule has 2 rings (SSSR count). The van der Waals surface area contributed by atoms with Crippen LogP contribution >= 0.6 is 15.9 Å². The van der Waals surface area contributed by atoms with Gasteiger partial charge in [0, 0.05) is 17.6 Å². The van der Waals surface area contributed by atoms with Crippen LogP contribution in [0.15, 0.2) is 22.7 Å². The third-order valence-electron chi connectivity index (χ3n) is 2.95. The average Bonchev–Trinajstić information content (AvgIpc) is 2.78. The lowest BCUT2D eigenvalue weighted by Gasteiger charge is -2.19. The average molecular weight is 295 g/mol. The molecule has 1 N–H and O–H groups in total. The fourth-order valence-corrected chi connectivity index (χ4v) is 2.64. The topological polar surface area (TPSA) is 64.3 Å². The van der Waals surface area contributed by atoms with Crippen LogP contribution < -0.4 is 4.90 Å². The number of carboxylic acid groups (broad SMARTS) is 1. The van der Waals surface area contributed by atoms with E-state index in [0.29, 0.717) is 18.5 Å². The summed E-state index contributed by atoms with van der Waals surface area (Å²) in [5, 5.41) is 17.7. The van der Waals surface area contributed by atoms with Gasteiger partial charge in [-0.25, -0.2) is 0 Å². The number of aliphatic carboxylic acids is 1. The molecular weight excluding hydrogens is 284 g/mol. The van der Waals surface area contributed by atoms with Gasteiger partial charge in [-0.3, -0.25) is 4.79 Å². The molecule has 0 amide bonds. The predicted molar refractivity (Wildman–Crippen MR) is 66.8 cm³/mol. The normalized spacial score (nSPS) is 19.1. The number of nitrogens with zero attached hydrogens (tertiary/aromatic N) is 2. The van der Waals surface area contributed by atoms with Gasteiger partial charge in [0.25, 0.3) is 0 Å². The Morgan fingerprint density at radius 1 is 1.59 bits per heavy atom. The smallest absolute Gasteiger partial charge is 0.308 e. The molecule has 4 nitrogen and oxygen atoms in total. The van der Waals surface area contributed by atoms with Crippen LogP contribution in [0.4, 0.5) is 5.69 Å². The molecule has 1 fully saturated rings. The van der Waals surface area contributed by atoms with E-state index in [9.17, 15) is 4.79 Å². The minimum Gasteiger partial charge on any atom is -0.481 e. The van der Waals surface area contributed by atoms with Crippen molar-refractivity contribution in [3.05, 3.63) is 28.2 Å². The lowest BCUT2D eigenvalue weighted by Crippen LogP contribution is -2.22. The monoisotopic (exact) mass is 294 g/mol. The molecule has 0 aliphatic carbocycles. The van der Waals surface area contributed by atoms with E-state index in [1.54, 1.807) is 12.1 Å². The van der Waals surface area contributed by atoms with Crippen molar-refractivity contribution < 1.29 is 9.90 Å². The quantitative estimate of drug-likeness (QED) is 0.908. The van der Waals surface area contributed by atoms with Crippen molar-refractivity contribution in [2.24, 2.45) is 5.92 Å². The van der Waals surface area contributed by atoms with E-state index in [1.807, 2.05) is 11.0 Å². The SMILES string of the molecule is N#Cc1ccc(N2CCC(C(=O)O)C2)c(Br)c1. The molecular formula is C12H11BrN2O2. The first kappa shape index (κ1) is 11.9. The summed E-state index contributed by atoms with van der Waals surface area (Å²) in [6, 6.07) is 7.42. The molecule has 1 atom stereocenters. The number of hydrogen-bond donors (Lipinski definition) is 1. The highest BCUT2D eigenvalue weighted by atomic mass is 79.9. The Labute approximate surface area is 108 Å². The zero-order valence-corrected chi connectivity index (χ0v) is 10.6. The van der Waals surface area contributed by atoms with E-state index < -0.39 is 5.97 Å². The van der Waals surface area contributed by atoms with E-state index >= 15 is 0 Å². The first-order valence-electron chi connectivity index (χ1n) is 5.29. The van der Waals surface area contributed by atoms with Crippen LogP contribution in [0.2, 0.25) is 0 Å². The van der Waals surface area contributed by atoms with Crippen molar-refractivity contribution in [2.75, 3.05) is 18.0 Å². The third kappa shape index (κ3) is 2.42. The van der Waals surface area contributed by atoms with Gasteiger partial charge in [0.2, 0.25) is 0 Å². The van der Waals surface area contributed by atoms with Crippen LogP contribution in [0, 0.1) is 17.2 Å². The van der Waals surface area contributed by atoms with Crippen LogP contribution in [0.3, 0.4) is 0 Å². The van der Waals surface area contributed by atoms with Gasteiger partial charge in [-0.15, -0.1) is 0 Å². The lowest BCUT2D eigenvalue weighted by atomic mass is 10.1. The Morgan fingerprint density at radius 2 is 2.35 bits per heavy atom. The maximum Gasteiger partial charge on any atom is 0.308 e. The summed E-state index contributed by atoms with van der Waals surface area (Å²) in [5.41, 5.74) is 1.54. The van der Waals surface area contributed by atoms with Crippen molar-refractivity contribution in [3.8, 4) is 6.07 Å². The number of carboxylic acids is 1. The number of benzene rings is 1. The summed E-state index contributed by atoms with van der Waals surface area (Å²) in [6.07, 6.45) is 0.668. The minimum atomic E-state index is -0.739. The van der Waals surface area contributed by atoms with E-state index in [0.717, 1.165) is 16.7 Å². The second-order valence-corrected chi connectivity index (χ2v) is 4.90. The Balaban J connectivity index is 2.20. The van der Waals surface area contributed by atoms with Gasteiger partial charge in [-0.2, -0.15) is 5.26 Å². The van der Waals surface area contributed by atoms with Crippen LogP contribution in [0.25, 0.3) is 0 Å². The summed E-state index contributed by atoms with van der Waals surface area (Å²) in [4.78, 5) is 12.9. The fraction of sp³-hybridized carbons (Fsp3) is 0.333. The van der Waals surface area contributed by atoms with Crippen molar-refractivity contribution in [1.29, 1.82) is 5.26 Å². The van der Waals surface area contributed by atoms with Crippen molar-refractivity contribution in [3.63, 3.8) is 0 Å². The summed E-state index contributed by atoms with van der Waals surface area (Å²) in [6.45, 7) is 1.27. The first-order valence-corrected chi connectivity index (χ1v) is 6.08. The van der Waals surface area contributed by atoms with Crippen LogP contribution in [-0.4, -0.2) is 24.2 Å². The second kappa shape index (κ2) is 4.76. The van der Waals surface area contributed by atoms with Crippen LogP contribution in [0.1, 0.15) is 12.0 Å². The number of nitriles is 1. The molecule has 1 aliphatic heterocycles. The molecule has 1 aliphatic rings. The highest BCUT2D eigenvalue weighted by molar-refractivity contribution is 9.10. The minimum absolute atomic E-state index is 0.294. The summed E-state index contributed by atoms with van der Waals surface area (Å²) < 4.78 is 0.836. The zero-order chi connectivity index (χ0) is 12.4. The van der Waals surface area contributed by atoms with Gasteiger partial charge in [-0.1, -0.05) is 0 Å². The maximum absolute atomic E-state index is 10.9. The summed E-state index contributed by atoms with van der Waals surface area (Å²) >= 11 is 3.41. The summed E-state index contributed by atoms with van der Waals surface area (Å²) in [5.74, 6) is -1.03. The van der Waals surface area contributed by atoms with E-state index in [-0.39, 0.29) is 5.92 Å². The second-order valence-electron chi connectivity index (χ2n) is 4.05. The third-order valence-corrected chi connectivity index (χ3v) is 3.59. The molecule has 1 aromatic carbocycles. The van der Waals surface area contributed by atoms with Gasteiger partial charge in [0.15, 0.2) is 0 Å².